The maximum atomic E-state index is 12.7. The third-order valence-electron chi connectivity index (χ3n) is 7.49. The van der Waals surface area contributed by atoms with Crippen molar-refractivity contribution in [1.29, 1.82) is 0 Å². The van der Waals surface area contributed by atoms with Gasteiger partial charge < -0.3 is 20.4 Å². The lowest BCUT2D eigenvalue weighted by molar-refractivity contribution is 0.0951. The van der Waals surface area contributed by atoms with Gasteiger partial charge in [-0.2, -0.15) is 0 Å². The Morgan fingerprint density at radius 3 is 2.75 bits per heavy atom. The third kappa shape index (κ3) is 3.33. The van der Waals surface area contributed by atoms with Gasteiger partial charge in [0, 0.05) is 37.4 Å². The summed E-state index contributed by atoms with van der Waals surface area (Å²) in [6, 6.07) is 10.5. The summed E-state index contributed by atoms with van der Waals surface area (Å²) >= 11 is 0. The number of hydrogen-bond acceptors (Lipinski definition) is 6. The second-order valence-corrected chi connectivity index (χ2v) is 9.79. The number of aromatic nitrogens is 1. The molecule has 0 atom stereocenters. The van der Waals surface area contributed by atoms with Crippen LogP contribution in [0.15, 0.2) is 42.3 Å². The first-order valence-electron chi connectivity index (χ1n) is 11.5. The number of carbonyl (C=O) groups excluding carboxylic acids is 2. The van der Waals surface area contributed by atoms with Crippen molar-refractivity contribution in [2.45, 2.75) is 57.2 Å². The molecule has 3 fully saturated rings. The van der Waals surface area contributed by atoms with Gasteiger partial charge in [-0.3, -0.25) is 4.79 Å². The molecule has 32 heavy (non-hydrogen) atoms. The van der Waals surface area contributed by atoms with Gasteiger partial charge in [0.15, 0.2) is 11.8 Å². The maximum Gasteiger partial charge on any atom is 0.251 e. The second kappa shape index (κ2) is 7.10. The molecule has 1 amide bonds. The highest BCUT2D eigenvalue weighted by molar-refractivity contribution is 5.98. The van der Waals surface area contributed by atoms with Gasteiger partial charge >= 0.3 is 0 Å². The van der Waals surface area contributed by atoms with E-state index in [0.29, 0.717) is 35.4 Å². The standard InChI is InChI=1S/C25H27N5O2/c1-29(19-11-25(12-19)8-9-25)22-7-2-16(13-26-22)14-27-24(32)17-3-6-21-20(10-17)28-23(15-31)30(21)18-4-5-18/h2-3,6-7,10,13,18-19,28H,4-5,8-9,11-12,14H2,1H3,(H,27,32). The molecule has 0 unspecified atom stereocenters. The van der Waals surface area contributed by atoms with E-state index in [1.807, 2.05) is 35.2 Å². The Labute approximate surface area is 187 Å². The SMILES string of the molecule is CN(c1ccc(CNC(=O)c2ccc3c(c2)NC(=C=O)N3C2CC2)cn1)C1CC2(CC2)C1. The first-order valence-corrected chi connectivity index (χ1v) is 11.5. The summed E-state index contributed by atoms with van der Waals surface area (Å²) in [6.07, 6.45) is 9.37. The van der Waals surface area contributed by atoms with E-state index in [0.717, 1.165) is 35.6 Å². The molecule has 3 aliphatic carbocycles. The van der Waals surface area contributed by atoms with Crippen molar-refractivity contribution in [2.24, 2.45) is 5.41 Å². The fourth-order valence-electron chi connectivity index (χ4n) is 5.08. The summed E-state index contributed by atoms with van der Waals surface area (Å²) < 4.78 is 0. The molecule has 6 rings (SSSR count). The van der Waals surface area contributed by atoms with Crippen molar-refractivity contribution >= 4 is 29.0 Å². The van der Waals surface area contributed by atoms with Crippen LogP contribution >= 0.6 is 0 Å². The fourth-order valence-corrected chi connectivity index (χ4v) is 5.08. The molecular formula is C25H27N5O2. The van der Waals surface area contributed by atoms with Gasteiger partial charge in [-0.05, 0) is 73.8 Å². The molecule has 1 aromatic heterocycles. The van der Waals surface area contributed by atoms with Crippen LogP contribution in [0.5, 0.6) is 0 Å². The zero-order chi connectivity index (χ0) is 21.9. The number of rotatable bonds is 6. The summed E-state index contributed by atoms with van der Waals surface area (Å²) in [7, 11) is 2.13. The number of fused-ring (bicyclic) bond motifs is 1. The van der Waals surface area contributed by atoms with E-state index in [1.54, 1.807) is 12.1 Å². The molecule has 0 saturated heterocycles. The molecular weight excluding hydrogens is 402 g/mol. The smallest absolute Gasteiger partial charge is 0.251 e. The van der Waals surface area contributed by atoms with Gasteiger partial charge in [0.05, 0.1) is 11.4 Å². The molecule has 1 aromatic carbocycles. The van der Waals surface area contributed by atoms with Crippen LogP contribution in [0, 0.1) is 5.41 Å². The monoisotopic (exact) mass is 429 g/mol. The van der Waals surface area contributed by atoms with Crippen LogP contribution in [0.4, 0.5) is 17.2 Å². The average Bonchev–Trinajstić information content (AvgIpc) is 3.72. The Hall–Kier alpha value is -3.31. The van der Waals surface area contributed by atoms with Crippen molar-refractivity contribution < 1.29 is 9.59 Å². The quantitative estimate of drug-likeness (QED) is 0.685. The van der Waals surface area contributed by atoms with Crippen molar-refractivity contribution in [2.75, 3.05) is 22.2 Å². The summed E-state index contributed by atoms with van der Waals surface area (Å²) in [6.45, 7) is 0.417. The molecule has 7 nitrogen and oxygen atoms in total. The van der Waals surface area contributed by atoms with Gasteiger partial charge in [-0.15, -0.1) is 0 Å². The number of nitrogens with zero attached hydrogens (tertiary/aromatic N) is 3. The van der Waals surface area contributed by atoms with E-state index in [1.165, 1.54) is 25.7 Å². The molecule has 0 radical (unpaired) electrons. The molecule has 164 valence electrons. The molecule has 3 saturated carbocycles. The first kappa shape index (κ1) is 19.4. The van der Waals surface area contributed by atoms with Gasteiger partial charge in [0.2, 0.25) is 0 Å². The van der Waals surface area contributed by atoms with Gasteiger partial charge in [-0.25, -0.2) is 9.78 Å². The minimum absolute atomic E-state index is 0.151. The maximum absolute atomic E-state index is 12.7. The molecule has 7 heteroatoms. The van der Waals surface area contributed by atoms with Crippen LogP contribution in [0.1, 0.15) is 54.4 Å². The number of benzene rings is 1. The van der Waals surface area contributed by atoms with E-state index in [4.69, 9.17) is 0 Å². The van der Waals surface area contributed by atoms with Crippen molar-refractivity contribution in [3.63, 3.8) is 0 Å². The highest BCUT2D eigenvalue weighted by Gasteiger charge is 2.54. The van der Waals surface area contributed by atoms with Crippen LogP contribution in [0.25, 0.3) is 0 Å². The van der Waals surface area contributed by atoms with Crippen LogP contribution in [0.2, 0.25) is 0 Å². The predicted octanol–water partition coefficient (Wildman–Crippen LogP) is 3.46. The highest BCUT2D eigenvalue weighted by Crippen LogP contribution is 2.61. The lowest BCUT2D eigenvalue weighted by Crippen LogP contribution is -2.44. The molecule has 2 aromatic rings. The van der Waals surface area contributed by atoms with Gasteiger partial charge in [0.25, 0.3) is 5.91 Å². The Bertz CT molecular complexity index is 1120. The van der Waals surface area contributed by atoms with Crippen molar-refractivity contribution in [1.82, 2.24) is 10.3 Å². The number of carbonyl (C=O) groups is 1. The zero-order valence-corrected chi connectivity index (χ0v) is 18.2. The Morgan fingerprint density at radius 1 is 1.28 bits per heavy atom. The Kier molecular flexibility index (Phi) is 4.30. The van der Waals surface area contributed by atoms with E-state index < -0.39 is 0 Å². The minimum Gasteiger partial charge on any atom is -0.357 e. The second-order valence-electron chi connectivity index (χ2n) is 9.79. The van der Waals surface area contributed by atoms with Gasteiger partial charge in [0.1, 0.15) is 5.82 Å². The topological polar surface area (TPSA) is 77.6 Å². The van der Waals surface area contributed by atoms with Gasteiger partial charge in [-0.1, -0.05) is 6.07 Å². The Balaban J connectivity index is 1.07. The highest BCUT2D eigenvalue weighted by atomic mass is 16.1. The normalized spacial score (nSPS) is 20.3. The van der Waals surface area contributed by atoms with E-state index >= 15 is 0 Å². The molecule has 1 aliphatic heterocycles. The number of anilines is 3. The molecule has 4 aliphatic rings. The van der Waals surface area contributed by atoms with E-state index in [9.17, 15) is 9.59 Å². The lowest BCUT2D eigenvalue weighted by atomic mass is 9.76. The summed E-state index contributed by atoms with van der Waals surface area (Å²) in [5.74, 6) is 3.26. The zero-order valence-electron chi connectivity index (χ0n) is 18.2. The summed E-state index contributed by atoms with van der Waals surface area (Å²) in [5.41, 5.74) is 3.92. The third-order valence-corrected chi connectivity index (χ3v) is 7.49. The number of hydrogen-bond donors (Lipinski definition) is 2. The van der Waals surface area contributed by atoms with Crippen LogP contribution < -0.4 is 20.4 Å². The lowest BCUT2D eigenvalue weighted by Gasteiger charge is -2.42. The number of pyridine rings is 1. The molecule has 2 heterocycles. The van der Waals surface area contributed by atoms with E-state index in [2.05, 4.69) is 27.6 Å². The molecule has 0 bridgehead atoms. The largest absolute Gasteiger partial charge is 0.357 e. The van der Waals surface area contributed by atoms with Crippen LogP contribution in [-0.4, -0.2) is 36.0 Å². The van der Waals surface area contributed by atoms with Crippen molar-refractivity contribution in [3.8, 4) is 0 Å². The minimum atomic E-state index is -0.151. The fraction of sp³-hybridized carbons (Fsp3) is 0.440. The average molecular weight is 430 g/mol. The molecule has 1 spiro atoms. The predicted molar refractivity (Wildman–Crippen MR) is 123 cm³/mol. The number of amides is 1. The van der Waals surface area contributed by atoms with Crippen molar-refractivity contribution in [3.05, 3.63) is 53.5 Å². The first-order chi connectivity index (χ1) is 15.5. The number of nitrogens with one attached hydrogen (secondary N) is 2. The molecule has 2 N–H and O–H groups in total. The van der Waals surface area contributed by atoms with Crippen LogP contribution in [-0.2, 0) is 11.3 Å². The summed E-state index contributed by atoms with van der Waals surface area (Å²) in [5, 5.41) is 6.07. The van der Waals surface area contributed by atoms with E-state index in [-0.39, 0.29) is 5.91 Å². The summed E-state index contributed by atoms with van der Waals surface area (Å²) in [4.78, 5) is 32.9. The van der Waals surface area contributed by atoms with Crippen LogP contribution in [0.3, 0.4) is 0 Å². The Morgan fingerprint density at radius 2 is 2.09 bits per heavy atom.